The zero-order valence-corrected chi connectivity index (χ0v) is 10.3. The summed E-state index contributed by atoms with van der Waals surface area (Å²) in [5, 5.41) is 8.97. The summed E-state index contributed by atoms with van der Waals surface area (Å²) < 4.78 is 0. The summed E-state index contributed by atoms with van der Waals surface area (Å²) >= 11 is 0. The maximum atomic E-state index is 11.8. The Morgan fingerprint density at radius 2 is 2.11 bits per heavy atom. The first-order valence-electron chi connectivity index (χ1n) is 5.96. The highest BCUT2D eigenvalue weighted by Gasteiger charge is 2.20. The lowest BCUT2D eigenvalue weighted by atomic mass is 10.3. The molecule has 0 aliphatic carbocycles. The number of carbonyl (C=O) groups excluding carboxylic acids is 2. The molecular weight excluding hydrogens is 234 g/mol. The van der Waals surface area contributed by atoms with Crippen LogP contribution in [0.2, 0.25) is 0 Å². The Morgan fingerprint density at radius 1 is 1.44 bits per heavy atom. The minimum Gasteiger partial charge on any atom is -0.395 e. The normalized spacial score (nSPS) is 14.8. The summed E-state index contributed by atoms with van der Waals surface area (Å²) in [6.07, 6.45) is 2.07. The summed E-state index contributed by atoms with van der Waals surface area (Å²) in [7, 11) is 0. The molecule has 0 atom stereocenters. The standard InChI is InChI=1S/C11H17N5O2/c1-7-9(12)10(15-14-7)11(18)13-6-8(17)16-4-2-3-5-16/h2-6,12H2,1H3,(H,13,18)(H,14,15). The van der Waals surface area contributed by atoms with E-state index in [1.807, 2.05) is 0 Å². The lowest BCUT2D eigenvalue weighted by Gasteiger charge is -2.15. The van der Waals surface area contributed by atoms with Crippen LogP contribution in [0.15, 0.2) is 0 Å². The molecule has 1 aromatic heterocycles. The Balaban J connectivity index is 1.88. The highest BCUT2D eigenvalue weighted by Crippen LogP contribution is 2.12. The number of aromatic amines is 1. The Labute approximate surface area is 105 Å². The molecular formula is C11H17N5O2. The number of nitrogens with one attached hydrogen (secondary N) is 2. The number of amides is 2. The van der Waals surface area contributed by atoms with Crippen molar-refractivity contribution in [1.82, 2.24) is 20.4 Å². The molecule has 2 heterocycles. The number of hydrogen-bond acceptors (Lipinski definition) is 4. The van der Waals surface area contributed by atoms with E-state index < -0.39 is 5.91 Å². The van der Waals surface area contributed by atoms with Gasteiger partial charge in [-0.3, -0.25) is 14.7 Å². The van der Waals surface area contributed by atoms with E-state index in [4.69, 9.17) is 5.73 Å². The molecule has 0 radical (unpaired) electrons. The van der Waals surface area contributed by atoms with Gasteiger partial charge in [-0.05, 0) is 19.8 Å². The Bertz CT molecular complexity index is 462. The summed E-state index contributed by atoms with van der Waals surface area (Å²) in [6.45, 7) is 3.27. The van der Waals surface area contributed by atoms with Crippen molar-refractivity contribution in [1.29, 1.82) is 0 Å². The minimum atomic E-state index is -0.426. The van der Waals surface area contributed by atoms with Crippen molar-refractivity contribution in [3.63, 3.8) is 0 Å². The van der Waals surface area contributed by atoms with Crippen LogP contribution < -0.4 is 11.1 Å². The largest absolute Gasteiger partial charge is 0.395 e. The fourth-order valence-electron chi connectivity index (χ4n) is 1.93. The molecule has 98 valence electrons. The van der Waals surface area contributed by atoms with E-state index in [-0.39, 0.29) is 18.1 Å². The third kappa shape index (κ3) is 2.44. The van der Waals surface area contributed by atoms with E-state index in [1.165, 1.54) is 0 Å². The second-order valence-corrected chi connectivity index (χ2v) is 4.38. The summed E-state index contributed by atoms with van der Waals surface area (Å²) in [4.78, 5) is 25.2. The van der Waals surface area contributed by atoms with Crippen LogP contribution in [0.3, 0.4) is 0 Å². The number of rotatable bonds is 3. The first kappa shape index (κ1) is 12.4. The lowest BCUT2D eigenvalue weighted by Crippen LogP contribution is -2.38. The molecule has 7 nitrogen and oxygen atoms in total. The molecule has 1 aromatic rings. The topological polar surface area (TPSA) is 104 Å². The summed E-state index contributed by atoms with van der Waals surface area (Å²) in [5.74, 6) is -0.490. The van der Waals surface area contributed by atoms with Gasteiger partial charge in [-0.15, -0.1) is 0 Å². The van der Waals surface area contributed by atoms with Crippen molar-refractivity contribution in [2.45, 2.75) is 19.8 Å². The van der Waals surface area contributed by atoms with Gasteiger partial charge in [0, 0.05) is 13.1 Å². The first-order chi connectivity index (χ1) is 8.59. The molecule has 1 saturated heterocycles. The van der Waals surface area contributed by atoms with Gasteiger partial charge in [-0.1, -0.05) is 0 Å². The van der Waals surface area contributed by atoms with Crippen molar-refractivity contribution < 1.29 is 9.59 Å². The summed E-state index contributed by atoms with van der Waals surface area (Å²) in [5.41, 5.74) is 6.79. The number of nitrogens with two attached hydrogens (primary N) is 1. The molecule has 2 rings (SSSR count). The van der Waals surface area contributed by atoms with E-state index in [2.05, 4.69) is 15.5 Å². The van der Waals surface area contributed by atoms with E-state index in [0.29, 0.717) is 11.4 Å². The minimum absolute atomic E-state index is 0.00974. The fraction of sp³-hybridized carbons (Fsp3) is 0.545. The molecule has 1 fully saturated rings. The average Bonchev–Trinajstić information content (AvgIpc) is 2.98. The maximum Gasteiger partial charge on any atom is 0.274 e. The van der Waals surface area contributed by atoms with Gasteiger partial charge in [0.15, 0.2) is 5.69 Å². The number of aryl methyl sites for hydroxylation is 1. The molecule has 2 amide bonds. The number of aromatic nitrogens is 2. The zero-order valence-electron chi connectivity index (χ0n) is 10.3. The van der Waals surface area contributed by atoms with Gasteiger partial charge in [0.2, 0.25) is 5.91 Å². The van der Waals surface area contributed by atoms with Crippen molar-refractivity contribution >= 4 is 17.5 Å². The van der Waals surface area contributed by atoms with Crippen molar-refractivity contribution in [3.05, 3.63) is 11.4 Å². The number of likely N-dealkylation sites (tertiary alicyclic amines) is 1. The predicted octanol–water partition coefficient (Wildman–Crippen LogP) is -0.347. The fourth-order valence-corrected chi connectivity index (χ4v) is 1.93. The van der Waals surface area contributed by atoms with Crippen LogP contribution in [0.5, 0.6) is 0 Å². The molecule has 0 saturated carbocycles. The van der Waals surface area contributed by atoms with Crippen LogP contribution in [0.25, 0.3) is 0 Å². The maximum absolute atomic E-state index is 11.8. The molecule has 1 aliphatic heterocycles. The number of nitrogen functional groups attached to an aromatic ring is 1. The van der Waals surface area contributed by atoms with Gasteiger partial charge < -0.3 is 16.0 Å². The molecule has 18 heavy (non-hydrogen) atoms. The van der Waals surface area contributed by atoms with Crippen molar-refractivity contribution in [3.8, 4) is 0 Å². The van der Waals surface area contributed by atoms with Gasteiger partial charge in [-0.25, -0.2) is 0 Å². The van der Waals surface area contributed by atoms with Crippen LogP contribution in [0.4, 0.5) is 5.69 Å². The summed E-state index contributed by atoms with van der Waals surface area (Å²) in [6, 6.07) is 0. The van der Waals surface area contributed by atoms with Gasteiger partial charge in [0.05, 0.1) is 17.9 Å². The Hall–Kier alpha value is -2.05. The van der Waals surface area contributed by atoms with Crippen LogP contribution in [0.1, 0.15) is 29.0 Å². The van der Waals surface area contributed by atoms with Crippen LogP contribution >= 0.6 is 0 Å². The van der Waals surface area contributed by atoms with Gasteiger partial charge in [-0.2, -0.15) is 5.10 Å². The van der Waals surface area contributed by atoms with Gasteiger partial charge in [0.25, 0.3) is 5.91 Å². The zero-order chi connectivity index (χ0) is 13.1. The highest BCUT2D eigenvalue weighted by atomic mass is 16.2. The van der Waals surface area contributed by atoms with Crippen LogP contribution in [-0.4, -0.2) is 46.5 Å². The highest BCUT2D eigenvalue weighted by molar-refractivity contribution is 5.99. The van der Waals surface area contributed by atoms with Gasteiger partial charge >= 0.3 is 0 Å². The third-order valence-electron chi connectivity index (χ3n) is 3.07. The molecule has 0 aromatic carbocycles. The van der Waals surface area contributed by atoms with Gasteiger partial charge in [0.1, 0.15) is 0 Å². The van der Waals surface area contributed by atoms with E-state index >= 15 is 0 Å². The lowest BCUT2D eigenvalue weighted by molar-refractivity contribution is -0.129. The van der Waals surface area contributed by atoms with Crippen LogP contribution in [0, 0.1) is 6.92 Å². The Morgan fingerprint density at radius 3 is 2.67 bits per heavy atom. The van der Waals surface area contributed by atoms with E-state index in [9.17, 15) is 9.59 Å². The van der Waals surface area contributed by atoms with Crippen LogP contribution in [-0.2, 0) is 4.79 Å². The predicted molar refractivity (Wildman–Crippen MR) is 65.9 cm³/mol. The van der Waals surface area contributed by atoms with Crippen molar-refractivity contribution in [2.24, 2.45) is 0 Å². The average molecular weight is 251 g/mol. The number of nitrogens with zero attached hydrogens (tertiary/aromatic N) is 2. The quantitative estimate of drug-likeness (QED) is 0.683. The SMILES string of the molecule is Cc1[nH]nc(C(=O)NCC(=O)N2CCCC2)c1N. The Kier molecular flexibility index (Phi) is 3.50. The molecule has 0 unspecified atom stereocenters. The molecule has 1 aliphatic rings. The smallest absolute Gasteiger partial charge is 0.274 e. The number of hydrogen-bond donors (Lipinski definition) is 3. The second kappa shape index (κ2) is 5.07. The monoisotopic (exact) mass is 251 g/mol. The molecule has 4 N–H and O–H groups in total. The van der Waals surface area contributed by atoms with E-state index in [0.717, 1.165) is 25.9 Å². The number of H-pyrrole nitrogens is 1. The first-order valence-corrected chi connectivity index (χ1v) is 5.96. The molecule has 0 spiro atoms. The third-order valence-corrected chi connectivity index (χ3v) is 3.07. The molecule has 7 heteroatoms. The second-order valence-electron chi connectivity index (χ2n) is 4.38. The number of anilines is 1. The number of carbonyl (C=O) groups is 2. The molecule has 0 bridgehead atoms. The van der Waals surface area contributed by atoms with E-state index in [1.54, 1.807) is 11.8 Å². The van der Waals surface area contributed by atoms with Crippen molar-refractivity contribution in [2.75, 3.05) is 25.4 Å².